The van der Waals surface area contributed by atoms with E-state index in [1.54, 1.807) is 6.20 Å². The summed E-state index contributed by atoms with van der Waals surface area (Å²) in [5.41, 5.74) is 2.43. The van der Waals surface area contributed by atoms with Crippen LogP contribution in [0.5, 0.6) is 0 Å². The van der Waals surface area contributed by atoms with Crippen LogP contribution in [0.1, 0.15) is 28.0 Å². The molecule has 13 heavy (non-hydrogen) atoms. The number of aryl methyl sites for hydroxylation is 2. The highest BCUT2D eigenvalue weighted by atomic mass is 16.1. The van der Waals surface area contributed by atoms with Gasteiger partial charge in [0.05, 0.1) is 6.42 Å². The number of rotatable bonds is 2. The van der Waals surface area contributed by atoms with E-state index in [-0.39, 0.29) is 12.2 Å². The number of aromatic nitrogens is 1. The molecular weight excluding hydrogens is 162 g/mol. The summed E-state index contributed by atoms with van der Waals surface area (Å²) in [4.78, 5) is 15.4. The van der Waals surface area contributed by atoms with Gasteiger partial charge in [-0.05, 0) is 25.0 Å². The summed E-state index contributed by atoms with van der Waals surface area (Å²) in [6, 6.07) is 1.93. The number of ketones is 1. The lowest BCUT2D eigenvalue weighted by Gasteiger charge is -2.01. The molecule has 0 saturated carbocycles. The van der Waals surface area contributed by atoms with Gasteiger partial charge < -0.3 is 0 Å². The van der Waals surface area contributed by atoms with Gasteiger partial charge >= 0.3 is 0 Å². The Morgan fingerprint density at radius 2 is 2.31 bits per heavy atom. The number of terminal acetylenes is 1. The zero-order valence-electron chi connectivity index (χ0n) is 7.79. The highest BCUT2D eigenvalue weighted by Gasteiger charge is 2.08. The number of nitrogens with zero attached hydrogens (tertiary/aromatic N) is 1. The molecule has 1 aromatic heterocycles. The van der Waals surface area contributed by atoms with Crippen LogP contribution < -0.4 is 0 Å². The van der Waals surface area contributed by atoms with Crippen molar-refractivity contribution < 1.29 is 4.79 Å². The first-order chi connectivity index (χ1) is 6.15. The molecule has 0 aliphatic rings. The molecule has 1 heterocycles. The summed E-state index contributed by atoms with van der Waals surface area (Å²) in [6.45, 7) is 3.80. The first-order valence-corrected chi connectivity index (χ1v) is 4.05. The van der Waals surface area contributed by atoms with Crippen molar-refractivity contribution in [1.82, 2.24) is 4.98 Å². The van der Waals surface area contributed by atoms with Gasteiger partial charge in [-0.15, -0.1) is 6.42 Å². The molecule has 0 spiro atoms. The molecule has 1 aromatic rings. The second kappa shape index (κ2) is 3.86. The van der Waals surface area contributed by atoms with Crippen molar-refractivity contribution in [3.05, 3.63) is 29.1 Å². The van der Waals surface area contributed by atoms with E-state index < -0.39 is 0 Å². The van der Waals surface area contributed by atoms with Gasteiger partial charge in [0.25, 0.3) is 0 Å². The molecule has 0 N–H and O–H groups in total. The van der Waals surface area contributed by atoms with Gasteiger partial charge in [0, 0.05) is 6.20 Å². The van der Waals surface area contributed by atoms with Gasteiger partial charge in [0.2, 0.25) is 0 Å². The fourth-order valence-corrected chi connectivity index (χ4v) is 1.18. The van der Waals surface area contributed by atoms with Crippen LogP contribution in [0.4, 0.5) is 0 Å². The molecule has 2 heteroatoms. The zero-order valence-corrected chi connectivity index (χ0v) is 7.79. The molecule has 0 amide bonds. The highest BCUT2D eigenvalue weighted by molar-refractivity contribution is 5.96. The molecule has 0 saturated heterocycles. The van der Waals surface area contributed by atoms with Crippen molar-refractivity contribution in [3.8, 4) is 12.3 Å². The van der Waals surface area contributed by atoms with Gasteiger partial charge in [-0.25, -0.2) is 0 Å². The summed E-state index contributed by atoms with van der Waals surface area (Å²) in [5, 5.41) is 0. The summed E-state index contributed by atoms with van der Waals surface area (Å²) >= 11 is 0. The third-order valence-electron chi connectivity index (χ3n) is 1.74. The Kier molecular flexibility index (Phi) is 2.81. The predicted octanol–water partition coefficient (Wildman–Crippen LogP) is 1.90. The van der Waals surface area contributed by atoms with Gasteiger partial charge in [0.15, 0.2) is 5.78 Å². The van der Waals surface area contributed by atoms with Crippen LogP contribution in [0.3, 0.4) is 0 Å². The topological polar surface area (TPSA) is 30.0 Å². The summed E-state index contributed by atoms with van der Waals surface area (Å²) in [5.74, 6) is 2.23. The minimum atomic E-state index is -0.0833. The summed E-state index contributed by atoms with van der Waals surface area (Å²) in [7, 11) is 0. The fourth-order valence-electron chi connectivity index (χ4n) is 1.18. The summed E-state index contributed by atoms with van der Waals surface area (Å²) in [6.07, 6.45) is 6.85. The largest absolute Gasteiger partial charge is 0.291 e. The number of carbonyl (C=O) groups is 1. The van der Waals surface area contributed by atoms with E-state index in [1.165, 1.54) is 0 Å². The third kappa shape index (κ3) is 2.16. The Morgan fingerprint density at radius 3 is 2.85 bits per heavy atom. The van der Waals surface area contributed by atoms with Crippen LogP contribution >= 0.6 is 0 Å². The maximum absolute atomic E-state index is 11.4. The van der Waals surface area contributed by atoms with Gasteiger partial charge in [0.1, 0.15) is 5.69 Å². The van der Waals surface area contributed by atoms with Crippen LogP contribution in [0, 0.1) is 26.2 Å². The van der Waals surface area contributed by atoms with Gasteiger partial charge in [-0.2, -0.15) is 0 Å². The van der Waals surface area contributed by atoms with Crippen LogP contribution in [0.15, 0.2) is 12.3 Å². The fraction of sp³-hybridized carbons (Fsp3) is 0.273. The third-order valence-corrected chi connectivity index (χ3v) is 1.74. The number of carbonyl (C=O) groups excluding carboxylic acids is 1. The SMILES string of the molecule is C#CCC(=O)c1ncc(C)cc1C. The maximum atomic E-state index is 11.4. The maximum Gasteiger partial charge on any atom is 0.193 e. The first-order valence-electron chi connectivity index (χ1n) is 4.05. The lowest BCUT2D eigenvalue weighted by atomic mass is 10.1. The van der Waals surface area contributed by atoms with E-state index in [0.29, 0.717) is 5.69 Å². The molecule has 0 fully saturated rings. The van der Waals surface area contributed by atoms with Crippen molar-refractivity contribution in [1.29, 1.82) is 0 Å². The minimum absolute atomic E-state index is 0.0833. The Balaban J connectivity index is 3.03. The molecular formula is C11H11NO. The van der Waals surface area contributed by atoms with Gasteiger partial charge in [-0.3, -0.25) is 9.78 Å². The molecule has 0 atom stereocenters. The summed E-state index contributed by atoms with van der Waals surface area (Å²) < 4.78 is 0. The number of hydrogen-bond acceptors (Lipinski definition) is 2. The number of pyridine rings is 1. The minimum Gasteiger partial charge on any atom is -0.291 e. The average molecular weight is 173 g/mol. The molecule has 66 valence electrons. The van der Waals surface area contributed by atoms with E-state index in [4.69, 9.17) is 6.42 Å². The Hall–Kier alpha value is -1.62. The Labute approximate surface area is 78.0 Å². The van der Waals surface area contributed by atoms with Crippen LogP contribution in [-0.4, -0.2) is 10.8 Å². The average Bonchev–Trinajstić information content (AvgIpc) is 2.04. The van der Waals surface area contributed by atoms with E-state index in [2.05, 4.69) is 10.9 Å². The molecule has 0 aromatic carbocycles. The van der Waals surface area contributed by atoms with E-state index >= 15 is 0 Å². The molecule has 0 bridgehead atoms. The molecule has 0 radical (unpaired) electrons. The van der Waals surface area contributed by atoms with Crippen molar-refractivity contribution >= 4 is 5.78 Å². The van der Waals surface area contributed by atoms with Crippen molar-refractivity contribution in [2.75, 3.05) is 0 Å². The highest BCUT2D eigenvalue weighted by Crippen LogP contribution is 2.08. The second-order valence-electron chi connectivity index (χ2n) is 2.98. The molecule has 0 aliphatic carbocycles. The Morgan fingerprint density at radius 1 is 1.62 bits per heavy atom. The number of hydrogen-bond donors (Lipinski definition) is 0. The van der Waals surface area contributed by atoms with Crippen LogP contribution in [0.25, 0.3) is 0 Å². The smallest absolute Gasteiger partial charge is 0.193 e. The normalized spacial score (nSPS) is 9.31. The lowest BCUT2D eigenvalue weighted by molar-refractivity contribution is 0.0993. The van der Waals surface area contributed by atoms with Crippen LogP contribution in [0.2, 0.25) is 0 Å². The first kappa shape index (κ1) is 9.47. The second-order valence-corrected chi connectivity index (χ2v) is 2.98. The molecule has 2 nitrogen and oxygen atoms in total. The van der Waals surface area contributed by atoms with Crippen molar-refractivity contribution in [3.63, 3.8) is 0 Å². The van der Waals surface area contributed by atoms with E-state index in [9.17, 15) is 4.79 Å². The standard InChI is InChI=1S/C11H11NO/c1-4-5-10(13)11-9(3)6-8(2)7-12-11/h1,6-7H,5H2,2-3H3. The van der Waals surface area contributed by atoms with E-state index in [1.807, 2.05) is 19.9 Å². The lowest BCUT2D eigenvalue weighted by Crippen LogP contribution is -2.03. The Bertz CT molecular complexity index is 374. The predicted molar refractivity (Wildman–Crippen MR) is 51.5 cm³/mol. The van der Waals surface area contributed by atoms with Crippen molar-refractivity contribution in [2.45, 2.75) is 20.3 Å². The molecule has 0 unspecified atom stereocenters. The molecule has 0 aliphatic heterocycles. The van der Waals surface area contributed by atoms with Crippen LogP contribution in [-0.2, 0) is 0 Å². The molecule has 1 rings (SSSR count). The monoisotopic (exact) mass is 173 g/mol. The zero-order chi connectivity index (χ0) is 9.84. The number of Topliss-reactive ketones (excluding diaryl/α,β-unsaturated/α-hetero) is 1. The van der Waals surface area contributed by atoms with E-state index in [0.717, 1.165) is 11.1 Å². The quantitative estimate of drug-likeness (QED) is 0.505. The van der Waals surface area contributed by atoms with Gasteiger partial charge in [-0.1, -0.05) is 12.0 Å². The van der Waals surface area contributed by atoms with Crippen molar-refractivity contribution in [2.24, 2.45) is 0 Å².